The zero-order chi connectivity index (χ0) is 15.9. The molecule has 0 fully saturated rings. The minimum atomic E-state index is -5.02. The Bertz CT molecular complexity index is 738. The topological polar surface area (TPSA) is 80.8 Å². The number of aryl methyl sites for hydroxylation is 1. The number of halogens is 3. The Balaban J connectivity index is 2.54. The molecule has 0 atom stereocenters. The standard InChI is InChI=1S/C11H9F3N4O3/c1-6-9(16(2)10(19)11(12,13)14)15-8-4-3-7(18(20)21)5-17(6)8/h3-5H,1-2H3. The number of pyridine rings is 1. The van der Waals surface area contributed by atoms with Gasteiger partial charge in [-0.1, -0.05) is 0 Å². The second kappa shape index (κ2) is 4.72. The van der Waals surface area contributed by atoms with E-state index in [0.29, 0.717) is 4.90 Å². The molecular weight excluding hydrogens is 293 g/mol. The number of imidazole rings is 1. The number of amides is 1. The number of hydrogen-bond donors (Lipinski definition) is 0. The van der Waals surface area contributed by atoms with Crippen molar-refractivity contribution in [2.75, 3.05) is 11.9 Å². The molecule has 0 unspecified atom stereocenters. The average Bonchev–Trinajstić information content (AvgIpc) is 2.73. The van der Waals surface area contributed by atoms with Crippen molar-refractivity contribution in [3.63, 3.8) is 0 Å². The molecule has 0 spiro atoms. The highest BCUT2D eigenvalue weighted by atomic mass is 19.4. The van der Waals surface area contributed by atoms with Crippen molar-refractivity contribution in [1.29, 1.82) is 0 Å². The van der Waals surface area contributed by atoms with Crippen LogP contribution in [0.2, 0.25) is 0 Å². The fourth-order valence-electron chi connectivity index (χ4n) is 1.85. The van der Waals surface area contributed by atoms with E-state index in [1.54, 1.807) is 0 Å². The SMILES string of the molecule is Cc1c(N(C)C(=O)C(F)(F)F)nc2ccc([N+](=O)[O-])cn12. The molecule has 7 nitrogen and oxygen atoms in total. The molecule has 21 heavy (non-hydrogen) atoms. The van der Waals surface area contributed by atoms with Crippen LogP contribution < -0.4 is 4.90 Å². The molecule has 2 aromatic heterocycles. The third kappa shape index (κ3) is 2.51. The minimum absolute atomic E-state index is 0.189. The molecule has 0 aliphatic heterocycles. The number of nitro groups is 1. The van der Waals surface area contributed by atoms with Gasteiger partial charge in [0.25, 0.3) is 5.69 Å². The predicted molar refractivity (Wildman–Crippen MR) is 66.0 cm³/mol. The monoisotopic (exact) mass is 302 g/mol. The van der Waals surface area contributed by atoms with Gasteiger partial charge in [-0.15, -0.1) is 0 Å². The van der Waals surface area contributed by atoms with E-state index in [4.69, 9.17) is 0 Å². The first-order valence-electron chi connectivity index (χ1n) is 5.61. The maximum atomic E-state index is 12.4. The number of carbonyl (C=O) groups is 1. The van der Waals surface area contributed by atoms with Gasteiger partial charge in [-0.2, -0.15) is 13.2 Å². The van der Waals surface area contributed by atoms with E-state index >= 15 is 0 Å². The number of alkyl halides is 3. The van der Waals surface area contributed by atoms with Crippen molar-refractivity contribution in [3.8, 4) is 0 Å². The highest BCUT2D eigenvalue weighted by Gasteiger charge is 2.42. The molecule has 2 heterocycles. The van der Waals surface area contributed by atoms with Gasteiger partial charge in [0.1, 0.15) is 5.65 Å². The second-order valence-corrected chi connectivity index (χ2v) is 4.26. The van der Waals surface area contributed by atoms with E-state index in [1.165, 1.54) is 23.5 Å². The summed E-state index contributed by atoms with van der Waals surface area (Å²) in [6, 6.07) is 2.47. The predicted octanol–water partition coefficient (Wildman–Crippen LogP) is 2.08. The molecule has 0 radical (unpaired) electrons. The van der Waals surface area contributed by atoms with E-state index < -0.39 is 17.0 Å². The Morgan fingerprint density at radius 1 is 1.43 bits per heavy atom. The van der Waals surface area contributed by atoms with Crippen molar-refractivity contribution < 1.29 is 22.9 Å². The summed E-state index contributed by atoms with van der Waals surface area (Å²) < 4.78 is 38.5. The lowest BCUT2D eigenvalue weighted by Crippen LogP contribution is -2.39. The maximum absolute atomic E-state index is 12.4. The molecule has 0 aromatic carbocycles. The van der Waals surface area contributed by atoms with Crippen LogP contribution in [0, 0.1) is 17.0 Å². The Hall–Kier alpha value is -2.65. The summed E-state index contributed by atoms with van der Waals surface area (Å²) in [5.41, 5.74) is 0.156. The summed E-state index contributed by atoms with van der Waals surface area (Å²) in [7, 11) is 0.943. The number of fused-ring (bicyclic) bond motifs is 1. The first kappa shape index (κ1) is 14.8. The molecule has 0 N–H and O–H groups in total. The normalized spacial score (nSPS) is 11.7. The van der Waals surface area contributed by atoms with Gasteiger partial charge in [0.05, 0.1) is 16.8 Å². The molecule has 2 aromatic rings. The maximum Gasteiger partial charge on any atom is 0.471 e. The van der Waals surface area contributed by atoms with Crippen molar-refractivity contribution >= 4 is 23.1 Å². The quantitative estimate of drug-likeness (QED) is 0.628. The van der Waals surface area contributed by atoms with Crippen LogP contribution in [-0.2, 0) is 4.79 Å². The summed E-state index contributed by atoms with van der Waals surface area (Å²) in [6.45, 7) is 1.42. The van der Waals surface area contributed by atoms with Gasteiger partial charge in [-0.25, -0.2) is 4.98 Å². The van der Waals surface area contributed by atoms with Crippen molar-refractivity contribution in [1.82, 2.24) is 9.38 Å². The highest BCUT2D eigenvalue weighted by molar-refractivity contribution is 5.96. The summed E-state index contributed by atoms with van der Waals surface area (Å²) in [5, 5.41) is 10.7. The van der Waals surface area contributed by atoms with Crippen LogP contribution in [0.15, 0.2) is 18.3 Å². The number of carbonyl (C=O) groups excluding carboxylic acids is 1. The van der Waals surface area contributed by atoms with Gasteiger partial charge in [0.15, 0.2) is 5.82 Å². The Kier molecular flexibility index (Phi) is 3.32. The van der Waals surface area contributed by atoms with Gasteiger partial charge >= 0.3 is 12.1 Å². The van der Waals surface area contributed by atoms with Gasteiger partial charge in [0.2, 0.25) is 0 Å². The van der Waals surface area contributed by atoms with Crippen LogP contribution in [0.5, 0.6) is 0 Å². The number of aromatic nitrogens is 2. The largest absolute Gasteiger partial charge is 0.471 e. The molecule has 10 heteroatoms. The minimum Gasteiger partial charge on any atom is -0.295 e. The summed E-state index contributed by atoms with van der Waals surface area (Å²) in [4.78, 5) is 25.5. The number of nitrogens with zero attached hydrogens (tertiary/aromatic N) is 4. The number of anilines is 1. The number of hydrogen-bond acceptors (Lipinski definition) is 4. The molecule has 0 aliphatic carbocycles. The lowest BCUT2D eigenvalue weighted by molar-refractivity contribution is -0.385. The van der Waals surface area contributed by atoms with Crippen LogP contribution in [0.4, 0.5) is 24.7 Å². The lowest BCUT2D eigenvalue weighted by atomic mass is 10.4. The number of rotatable bonds is 2. The summed E-state index contributed by atoms with van der Waals surface area (Å²) >= 11 is 0. The Morgan fingerprint density at radius 3 is 2.57 bits per heavy atom. The zero-order valence-electron chi connectivity index (χ0n) is 10.9. The van der Waals surface area contributed by atoms with Crippen LogP contribution in [-0.4, -0.2) is 33.4 Å². The third-order valence-corrected chi connectivity index (χ3v) is 2.89. The van der Waals surface area contributed by atoms with Crippen LogP contribution in [0.1, 0.15) is 5.69 Å². The third-order valence-electron chi connectivity index (χ3n) is 2.89. The Labute approximate surface area is 115 Å². The van der Waals surface area contributed by atoms with Gasteiger partial charge in [-0.05, 0) is 13.0 Å². The molecule has 0 saturated carbocycles. The summed E-state index contributed by atoms with van der Waals surface area (Å²) in [5.74, 6) is -2.28. The van der Waals surface area contributed by atoms with Crippen LogP contribution in [0.3, 0.4) is 0 Å². The summed E-state index contributed by atoms with van der Waals surface area (Å²) in [6.07, 6.45) is -3.89. The molecular formula is C11H9F3N4O3. The zero-order valence-corrected chi connectivity index (χ0v) is 10.9. The van der Waals surface area contributed by atoms with Crippen LogP contribution in [0.25, 0.3) is 5.65 Å². The molecule has 112 valence electrons. The fraction of sp³-hybridized carbons (Fsp3) is 0.273. The average molecular weight is 302 g/mol. The van der Waals surface area contributed by atoms with E-state index in [0.717, 1.165) is 13.2 Å². The van der Waals surface area contributed by atoms with Crippen molar-refractivity contribution in [2.24, 2.45) is 0 Å². The first-order valence-corrected chi connectivity index (χ1v) is 5.61. The highest BCUT2D eigenvalue weighted by Crippen LogP contribution is 2.26. The second-order valence-electron chi connectivity index (χ2n) is 4.26. The van der Waals surface area contributed by atoms with Gasteiger partial charge in [-0.3, -0.25) is 24.2 Å². The first-order chi connectivity index (χ1) is 9.62. The molecule has 0 saturated heterocycles. The molecule has 0 aliphatic rings. The van der Waals surface area contributed by atoms with Gasteiger partial charge < -0.3 is 0 Å². The lowest BCUT2D eigenvalue weighted by Gasteiger charge is -2.16. The fourth-order valence-corrected chi connectivity index (χ4v) is 1.85. The van der Waals surface area contributed by atoms with E-state index in [1.807, 2.05) is 0 Å². The van der Waals surface area contributed by atoms with E-state index in [-0.39, 0.29) is 22.8 Å². The van der Waals surface area contributed by atoms with Gasteiger partial charge in [0, 0.05) is 13.1 Å². The molecule has 1 amide bonds. The van der Waals surface area contributed by atoms with E-state index in [2.05, 4.69) is 4.98 Å². The smallest absolute Gasteiger partial charge is 0.295 e. The Morgan fingerprint density at radius 2 is 2.05 bits per heavy atom. The molecule has 2 rings (SSSR count). The van der Waals surface area contributed by atoms with Crippen LogP contribution >= 0.6 is 0 Å². The van der Waals surface area contributed by atoms with E-state index in [9.17, 15) is 28.1 Å². The van der Waals surface area contributed by atoms with Crippen molar-refractivity contribution in [3.05, 3.63) is 34.1 Å². The molecule has 0 bridgehead atoms. The van der Waals surface area contributed by atoms with Crippen molar-refractivity contribution in [2.45, 2.75) is 13.1 Å².